The Morgan fingerprint density at radius 1 is 1.09 bits per heavy atom. The highest BCUT2D eigenvalue weighted by Gasteiger charge is 2.03. The van der Waals surface area contributed by atoms with E-state index in [-0.39, 0.29) is 0 Å². The van der Waals surface area contributed by atoms with Crippen LogP contribution in [0.5, 0.6) is 5.75 Å². The second kappa shape index (κ2) is 6.26. The van der Waals surface area contributed by atoms with E-state index < -0.39 is 0 Å². The maximum atomic E-state index is 8.84. The molecule has 4 nitrogen and oxygen atoms in total. The monoisotopic (exact) mass is 292 g/mol. The minimum atomic E-state index is 0.445. The molecule has 110 valence electrons. The maximum absolute atomic E-state index is 8.84. The first-order valence-electron chi connectivity index (χ1n) is 7.02. The van der Waals surface area contributed by atoms with Crippen molar-refractivity contribution in [3.63, 3.8) is 0 Å². The van der Waals surface area contributed by atoms with Gasteiger partial charge in [-0.15, -0.1) is 0 Å². The van der Waals surface area contributed by atoms with Crippen molar-refractivity contribution in [2.75, 3.05) is 0 Å². The first-order valence-corrected chi connectivity index (χ1v) is 7.02. The van der Waals surface area contributed by atoms with Crippen molar-refractivity contribution in [3.8, 4) is 5.75 Å². The normalized spacial score (nSPS) is 11.6. The average molecular weight is 292 g/mol. The number of nitrogens with zero attached hydrogens (tertiary/aromatic N) is 2. The molecule has 1 heterocycles. The summed E-state index contributed by atoms with van der Waals surface area (Å²) >= 11 is 0. The fraction of sp³-hybridized carbons (Fsp3) is 0.111. The van der Waals surface area contributed by atoms with Crippen molar-refractivity contribution in [1.29, 1.82) is 0 Å². The van der Waals surface area contributed by atoms with Crippen molar-refractivity contribution in [2.24, 2.45) is 5.16 Å². The van der Waals surface area contributed by atoms with Gasteiger partial charge in [-0.25, -0.2) is 0 Å². The number of pyridine rings is 1. The number of hydrogen-bond donors (Lipinski definition) is 1. The van der Waals surface area contributed by atoms with Crippen LogP contribution in [0, 0.1) is 0 Å². The fourth-order valence-electron chi connectivity index (χ4n) is 2.24. The molecule has 3 aromatic rings. The van der Waals surface area contributed by atoms with Crippen molar-refractivity contribution in [2.45, 2.75) is 13.5 Å². The van der Waals surface area contributed by atoms with Gasteiger partial charge in [-0.1, -0.05) is 29.4 Å². The van der Waals surface area contributed by atoms with E-state index in [9.17, 15) is 0 Å². The Labute approximate surface area is 128 Å². The third-order valence-corrected chi connectivity index (χ3v) is 3.49. The summed E-state index contributed by atoms with van der Waals surface area (Å²) in [5, 5.41) is 14.2. The van der Waals surface area contributed by atoms with Gasteiger partial charge >= 0.3 is 0 Å². The molecular formula is C18H16N2O2. The van der Waals surface area contributed by atoms with E-state index in [0.717, 1.165) is 27.8 Å². The molecule has 1 aromatic heterocycles. The van der Waals surface area contributed by atoms with Gasteiger partial charge in [0.05, 0.1) is 11.4 Å². The lowest BCUT2D eigenvalue weighted by Gasteiger charge is -2.08. The molecule has 2 aromatic carbocycles. The fourth-order valence-corrected chi connectivity index (χ4v) is 2.24. The summed E-state index contributed by atoms with van der Waals surface area (Å²) in [6.45, 7) is 2.21. The molecule has 0 bridgehead atoms. The first kappa shape index (κ1) is 14.1. The molecule has 0 aliphatic rings. The molecule has 0 fully saturated rings. The molecular weight excluding hydrogens is 276 g/mol. The lowest BCUT2D eigenvalue weighted by molar-refractivity contribution is 0.302. The summed E-state index contributed by atoms with van der Waals surface area (Å²) in [4.78, 5) is 4.23. The average Bonchev–Trinajstić information content (AvgIpc) is 2.59. The van der Waals surface area contributed by atoms with Crippen molar-refractivity contribution in [1.82, 2.24) is 4.98 Å². The summed E-state index contributed by atoms with van der Waals surface area (Å²) in [6, 6.07) is 17.6. The van der Waals surface area contributed by atoms with Crippen LogP contribution in [-0.4, -0.2) is 15.9 Å². The van der Waals surface area contributed by atoms with Gasteiger partial charge < -0.3 is 9.94 Å². The number of aromatic nitrogens is 1. The van der Waals surface area contributed by atoms with Gasteiger partial charge in [-0.05, 0) is 53.6 Å². The molecule has 0 aliphatic heterocycles. The smallest absolute Gasteiger partial charge is 0.130 e. The van der Waals surface area contributed by atoms with Crippen LogP contribution in [0.2, 0.25) is 0 Å². The van der Waals surface area contributed by atoms with Gasteiger partial charge in [0.2, 0.25) is 0 Å². The Bertz CT molecular complexity index is 814. The minimum Gasteiger partial charge on any atom is -0.487 e. The highest BCUT2D eigenvalue weighted by molar-refractivity contribution is 6.01. The van der Waals surface area contributed by atoms with Crippen LogP contribution in [0.3, 0.4) is 0 Å². The quantitative estimate of drug-likeness (QED) is 0.449. The second-order valence-corrected chi connectivity index (χ2v) is 5.02. The van der Waals surface area contributed by atoms with Crippen LogP contribution in [0.4, 0.5) is 0 Å². The molecule has 0 saturated carbocycles. The zero-order chi connectivity index (χ0) is 15.4. The van der Waals surface area contributed by atoms with E-state index in [0.29, 0.717) is 12.3 Å². The van der Waals surface area contributed by atoms with E-state index in [4.69, 9.17) is 9.94 Å². The van der Waals surface area contributed by atoms with Gasteiger partial charge in [0.1, 0.15) is 12.4 Å². The lowest BCUT2D eigenvalue weighted by atomic mass is 10.0. The van der Waals surface area contributed by atoms with Crippen LogP contribution in [-0.2, 0) is 6.61 Å². The van der Waals surface area contributed by atoms with E-state index in [1.807, 2.05) is 54.6 Å². The zero-order valence-electron chi connectivity index (χ0n) is 12.2. The van der Waals surface area contributed by atoms with Gasteiger partial charge in [-0.3, -0.25) is 4.98 Å². The lowest BCUT2D eigenvalue weighted by Crippen LogP contribution is -1.97. The molecule has 4 heteroatoms. The van der Waals surface area contributed by atoms with Gasteiger partial charge in [-0.2, -0.15) is 0 Å². The summed E-state index contributed by atoms with van der Waals surface area (Å²) in [5.74, 6) is 0.804. The number of benzene rings is 2. The number of ether oxygens (including phenoxy) is 1. The SMILES string of the molecule is CC(=NO)c1ccc2cc(OCc3ccccn3)ccc2c1. The summed E-state index contributed by atoms with van der Waals surface area (Å²) < 4.78 is 5.77. The third-order valence-electron chi connectivity index (χ3n) is 3.49. The summed E-state index contributed by atoms with van der Waals surface area (Å²) in [5.41, 5.74) is 2.39. The Morgan fingerprint density at radius 2 is 1.91 bits per heavy atom. The highest BCUT2D eigenvalue weighted by Crippen LogP contribution is 2.23. The Balaban J connectivity index is 1.81. The molecule has 0 atom stereocenters. The largest absolute Gasteiger partial charge is 0.487 e. The van der Waals surface area contributed by atoms with Gasteiger partial charge in [0.25, 0.3) is 0 Å². The number of oxime groups is 1. The molecule has 0 aliphatic carbocycles. The van der Waals surface area contributed by atoms with E-state index in [1.54, 1.807) is 13.1 Å². The topological polar surface area (TPSA) is 54.7 Å². The number of rotatable bonds is 4. The van der Waals surface area contributed by atoms with Gasteiger partial charge in [0, 0.05) is 6.20 Å². The van der Waals surface area contributed by atoms with Crippen LogP contribution in [0.25, 0.3) is 10.8 Å². The van der Waals surface area contributed by atoms with Crippen molar-refractivity contribution >= 4 is 16.5 Å². The molecule has 0 spiro atoms. The van der Waals surface area contributed by atoms with Gasteiger partial charge in [0.15, 0.2) is 0 Å². The first-order chi connectivity index (χ1) is 10.8. The summed E-state index contributed by atoms with van der Waals surface area (Å²) in [7, 11) is 0. The summed E-state index contributed by atoms with van der Waals surface area (Å²) in [6.07, 6.45) is 1.76. The Kier molecular flexibility index (Phi) is 4.01. The van der Waals surface area contributed by atoms with Crippen LogP contribution >= 0.6 is 0 Å². The Morgan fingerprint density at radius 3 is 2.68 bits per heavy atom. The predicted molar refractivity (Wildman–Crippen MR) is 86.5 cm³/mol. The van der Waals surface area contributed by atoms with E-state index >= 15 is 0 Å². The second-order valence-electron chi connectivity index (χ2n) is 5.02. The predicted octanol–water partition coefficient (Wildman–Crippen LogP) is 4.01. The van der Waals surface area contributed by atoms with Crippen molar-refractivity contribution < 1.29 is 9.94 Å². The zero-order valence-corrected chi connectivity index (χ0v) is 12.2. The minimum absolute atomic E-state index is 0.445. The van der Waals surface area contributed by atoms with Crippen LogP contribution < -0.4 is 4.74 Å². The number of hydrogen-bond acceptors (Lipinski definition) is 4. The molecule has 22 heavy (non-hydrogen) atoms. The molecule has 0 radical (unpaired) electrons. The maximum Gasteiger partial charge on any atom is 0.130 e. The standard InChI is InChI=1S/C18H16N2O2/c1-13(20-21)14-5-6-16-11-18(8-7-15(16)10-14)22-12-17-4-2-3-9-19-17/h2-11,21H,12H2,1H3. The number of fused-ring (bicyclic) bond motifs is 1. The van der Waals surface area contributed by atoms with Crippen LogP contribution in [0.15, 0.2) is 65.9 Å². The van der Waals surface area contributed by atoms with Crippen molar-refractivity contribution in [3.05, 3.63) is 72.1 Å². The third kappa shape index (κ3) is 3.06. The Hall–Kier alpha value is -2.88. The van der Waals surface area contributed by atoms with Crippen LogP contribution in [0.1, 0.15) is 18.2 Å². The molecule has 1 N–H and O–H groups in total. The van der Waals surface area contributed by atoms with E-state index in [2.05, 4.69) is 10.1 Å². The highest BCUT2D eigenvalue weighted by atomic mass is 16.5. The molecule has 0 unspecified atom stereocenters. The molecule has 0 saturated heterocycles. The van der Waals surface area contributed by atoms with E-state index in [1.165, 1.54) is 0 Å². The molecule has 3 rings (SSSR count). The molecule has 0 amide bonds.